The molecule has 0 saturated carbocycles. The standard InChI is InChI=1S/C15H13Cl2NO/c1-2-10-6-7-11(18-9-10)8-14(19)15-12(16)4-3-5-13(15)17/h3-7,9H,2,8H2,1H3. The highest BCUT2D eigenvalue weighted by atomic mass is 35.5. The summed E-state index contributed by atoms with van der Waals surface area (Å²) in [5.41, 5.74) is 2.23. The minimum atomic E-state index is -0.118. The number of carbonyl (C=O) groups excluding carboxylic acids is 1. The van der Waals surface area contributed by atoms with E-state index in [9.17, 15) is 4.79 Å². The van der Waals surface area contributed by atoms with Crippen LogP contribution in [0.4, 0.5) is 0 Å². The number of halogens is 2. The highest BCUT2D eigenvalue weighted by molar-refractivity contribution is 6.39. The Kier molecular flexibility index (Phi) is 4.56. The molecule has 0 radical (unpaired) electrons. The predicted octanol–water partition coefficient (Wildman–Crippen LogP) is 4.38. The van der Waals surface area contributed by atoms with Crippen LogP contribution in [0.3, 0.4) is 0 Å². The average Bonchev–Trinajstić information content (AvgIpc) is 2.39. The summed E-state index contributed by atoms with van der Waals surface area (Å²) >= 11 is 12.0. The maximum atomic E-state index is 12.2. The van der Waals surface area contributed by atoms with Gasteiger partial charge in [0.1, 0.15) is 0 Å². The molecule has 0 fully saturated rings. The molecule has 0 amide bonds. The molecule has 1 aromatic carbocycles. The number of benzene rings is 1. The molecule has 0 bridgehead atoms. The molecule has 0 N–H and O–H groups in total. The third-order valence-electron chi connectivity index (χ3n) is 2.88. The molecule has 2 aromatic rings. The Morgan fingerprint density at radius 3 is 2.37 bits per heavy atom. The van der Waals surface area contributed by atoms with Crippen molar-refractivity contribution in [2.75, 3.05) is 0 Å². The highest BCUT2D eigenvalue weighted by Crippen LogP contribution is 2.25. The van der Waals surface area contributed by atoms with E-state index in [1.54, 1.807) is 24.4 Å². The molecule has 0 atom stereocenters. The fourth-order valence-corrected chi connectivity index (χ4v) is 2.39. The van der Waals surface area contributed by atoms with Crippen LogP contribution in [0.5, 0.6) is 0 Å². The van der Waals surface area contributed by atoms with Gasteiger partial charge in [-0.2, -0.15) is 0 Å². The number of pyridine rings is 1. The third-order valence-corrected chi connectivity index (χ3v) is 3.51. The molecule has 0 spiro atoms. The third kappa shape index (κ3) is 3.34. The van der Waals surface area contributed by atoms with Crippen molar-refractivity contribution in [2.45, 2.75) is 19.8 Å². The minimum Gasteiger partial charge on any atom is -0.294 e. The van der Waals surface area contributed by atoms with Gasteiger partial charge >= 0.3 is 0 Å². The molecule has 0 aliphatic heterocycles. The molecule has 0 saturated heterocycles. The van der Waals surface area contributed by atoms with E-state index >= 15 is 0 Å². The summed E-state index contributed by atoms with van der Waals surface area (Å²) < 4.78 is 0. The molecule has 2 rings (SSSR count). The first-order chi connectivity index (χ1) is 9.11. The quantitative estimate of drug-likeness (QED) is 0.783. The molecule has 0 unspecified atom stereocenters. The van der Waals surface area contributed by atoms with Crippen molar-refractivity contribution in [2.24, 2.45) is 0 Å². The van der Waals surface area contributed by atoms with Gasteiger partial charge < -0.3 is 0 Å². The molecule has 19 heavy (non-hydrogen) atoms. The van der Waals surface area contributed by atoms with Crippen LogP contribution in [0, 0.1) is 0 Å². The lowest BCUT2D eigenvalue weighted by Gasteiger charge is -2.06. The first-order valence-corrected chi connectivity index (χ1v) is 6.78. The lowest BCUT2D eigenvalue weighted by Crippen LogP contribution is -2.06. The second-order valence-corrected chi connectivity index (χ2v) is 5.02. The maximum absolute atomic E-state index is 12.2. The van der Waals surface area contributed by atoms with E-state index in [1.165, 1.54) is 0 Å². The Balaban J connectivity index is 2.21. The van der Waals surface area contributed by atoms with Gasteiger partial charge in [-0.15, -0.1) is 0 Å². The lowest BCUT2D eigenvalue weighted by molar-refractivity contribution is 0.0992. The summed E-state index contributed by atoms with van der Waals surface area (Å²) in [5.74, 6) is -0.118. The monoisotopic (exact) mass is 293 g/mol. The van der Waals surface area contributed by atoms with E-state index < -0.39 is 0 Å². The second-order valence-electron chi connectivity index (χ2n) is 4.21. The lowest BCUT2D eigenvalue weighted by atomic mass is 10.1. The smallest absolute Gasteiger partial charge is 0.171 e. The Bertz CT molecular complexity index is 573. The molecule has 4 heteroatoms. The molecule has 0 aliphatic rings. The van der Waals surface area contributed by atoms with Crippen molar-refractivity contribution in [1.29, 1.82) is 0 Å². The van der Waals surface area contributed by atoms with Crippen LogP contribution in [0.1, 0.15) is 28.5 Å². The zero-order valence-electron chi connectivity index (χ0n) is 10.5. The van der Waals surface area contributed by atoms with Crippen molar-refractivity contribution in [3.63, 3.8) is 0 Å². The van der Waals surface area contributed by atoms with Crippen molar-refractivity contribution < 1.29 is 4.79 Å². The molecule has 1 aromatic heterocycles. The summed E-state index contributed by atoms with van der Waals surface area (Å²) in [6.45, 7) is 2.06. The van der Waals surface area contributed by atoms with E-state index in [0.29, 0.717) is 15.6 Å². The van der Waals surface area contributed by atoms with Gasteiger partial charge in [-0.05, 0) is 30.2 Å². The fourth-order valence-electron chi connectivity index (χ4n) is 1.79. The SMILES string of the molecule is CCc1ccc(CC(=O)c2c(Cl)cccc2Cl)nc1. The van der Waals surface area contributed by atoms with Gasteiger partial charge in [-0.3, -0.25) is 9.78 Å². The molecule has 98 valence electrons. The summed E-state index contributed by atoms with van der Waals surface area (Å²) in [6.07, 6.45) is 2.92. The van der Waals surface area contributed by atoms with E-state index in [4.69, 9.17) is 23.2 Å². The first kappa shape index (κ1) is 14.0. The number of hydrogen-bond acceptors (Lipinski definition) is 2. The number of carbonyl (C=O) groups is 1. The van der Waals surface area contributed by atoms with Crippen molar-refractivity contribution >= 4 is 29.0 Å². The predicted molar refractivity (Wildman–Crippen MR) is 78.1 cm³/mol. The highest BCUT2D eigenvalue weighted by Gasteiger charge is 2.15. The number of Topliss-reactive ketones (excluding diaryl/α,β-unsaturated/α-hetero) is 1. The van der Waals surface area contributed by atoms with Crippen LogP contribution in [0.2, 0.25) is 10.0 Å². The van der Waals surface area contributed by atoms with E-state index in [0.717, 1.165) is 17.7 Å². The van der Waals surface area contributed by atoms with Crippen molar-refractivity contribution in [1.82, 2.24) is 4.98 Å². The van der Waals surface area contributed by atoms with E-state index in [-0.39, 0.29) is 12.2 Å². The van der Waals surface area contributed by atoms with Gasteiger partial charge in [0.15, 0.2) is 5.78 Å². The van der Waals surface area contributed by atoms with Crippen LogP contribution in [-0.4, -0.2) is 10.8 Å². The van der Waals surface area contributed by atoms with Gasteiger partial charge in [-0.25, -0.2) is 0 Å². The summed E-state index contributed by atoms with van der Waals surface area (Å²) in [7, 11) is 0. The van der Waals surface area contributed by atoms with Crippen molar-refractivity contribution in [3.8, 4) is 0 Å². The normalized spacial score (nSPS) is 10.5. The number of hydrogen-bond donors (Lipinski definition) is 0. The van der Waals surface area contributed by atoms with Gasteiger partial charge in [0.25, 0.3) is 0 Å². The Morgan fingerprint density at radius 2 is 1.84 bits per heavy atom. The topological polar surface area (TPSA) is 30.0 Å². The molecule has 0 aliphatic carbocycles. The number of aryl methyl sites for hydroxylation is 1. The van der Waals surface area contributed by atoms with Crippen LogP contribution in [0.15, 0.2) is 36.5 Å². The van der Waals surface area contributed by atoms with E-state index in [2.05, 4.69) is 11.9 Å². The number of rotatable bonds is 4. The molecular formula is C15H13Cl2NO. The second kappa shape index (κ2) is 6.18. The Morgan fingerprint density at radius 1 is 1.16 bits per heavy atom. The maximum Gasteiger partial charge on any atom is 0.171 e. The zero-order valence-corrected chi connectivity index (χ0v) is 12.0. The van der Waals surface area contributed by atoms with E-state index in [1.807, 2.05) is 12.1 Å². The summed E-state index contributed by atoms with van der Waals surface area (Å²) in [5, 5.41) is 0.755. The molecule has 1 heterocycles. The number of aromatic nitrogens is 1. The van der Waals surface area contributed by atoms with Crippen molar-refractivity contribution in [3.05, 3.63) is 63.4 Å². The molecule has 2 nitrogen and oxygen atoms in total. The van der Waals surface area contributed by atoms with Gasteiger partial charge in [-0.1, -0.05) is 42.3 Å². The molecular weight excluding hydrogens is 281 g/mol. The van der Waals surface area contributed by atoms with Crippen LogP contribution in [0.25, 0.3) is 0 Å². The summed E-state index contributed by atoms with van der Waals surface area (Å²) in [6, 6.07) is 8.88. The number of nitrogens with zero attached hydrogens (tertiary/aromatic N) is 1. The van der Waals surface area contributed by atoms with Gasteiger partial charge in [0.2, 0.25) is 0 Å². The number of ketones is 1. The summed E-state index contributed by atoms with van der Waals surface area (Å²) in [4.78, 5) is 16.5. The Labute approximate surface area is 122 Å². The zero-order chi connectivity index (χ0) is 13.8. The van der Waals surface area contributed by atoms with Gasteiger partial charge in [0, 0.05) is 11.9 Å². The first-order valence-electron chi connectivity index (χ1n) is 6.03. The Hall–Kier alpha value is -1.38. The largest absolute Gasteiger partial charge is 0.294 e. The van der Waals surface area contributed by atoms with Crippen LogP contribution in [-0.2, 0) is 12.8 Å². The fraction of sp³-hybridized carbons (Fsp3) is 0.200. The van der Waals surface area contributed by atoms with Gasteiger partial charge in [0.05, 0.1) is 22.0 Å². The van der Waals surface area contributed by atoms with Crippen LogP contribution >= 0.6 is 23.2 Å². The average molecular weight is 294 g/mol. The van der Waals surface area contributed by atoms with Crippen LogP contribution < -0.4 is 0 Å². The minimum absolute atomic E-state index is 0.118.